The first-order valence-electron chi connectivity index (χ1n) is 14.0. The summed E-state index contributed by atoms with van der Waals surface area (Å²) < 4.78 is 37.6. The lowest BCUT2D eigenvalue weighted by Crippen LogP contribution is -2.35. The summed E-state index contributed by atoms with van der Waals surface area (Å²) in [6, 6.07) is 15.9. The number of aliphatic hydroxyl groups excluding tert-OH is 1. The lowest BCUT2D eigenvalue weighted by Gasteiger charge is -2.31. The van der Waals surface area contributed by atoms with Crippen LogP contribution in [0.15, 0.2) is 90.1 Å². The van der Waals surface area contributed by atoms with Crippen molar-refractivity contribution in [2.24, 2.45) is 0 Å². The van der Waals surface area contributed by atoms with Crippen molar-refractivity contribution in [2.45, 2.75) is 18.8 Å². The number of piperidine rings is 1. The summed E-state index contributed by atoms with van der Waals surface area (Å²) in [6.07, 6.45) is 6.94. The average molecular weight is 586 g/mol. The Morgan fingerprint density at radius 3 is 2.56 bits per heavy atom. The number of rotatable bonds is 8. The molecule has 1 amide bonds. The third kappa shape index (κ3) is 6.04. The van der Waals surface area contributed by atoms with Crippen molar-refractivity contribution in [3.8, 4) is 17.2 Å². The maximum atomic E-state index is 15.3. The van der Waals surface area contributed by atoms with Crippen LogP contribution in [-0.4, -0.2) is 56.3 Å². The van der Waals surface area contributed by atoms with Crippen LogP contribution in [0.2, 0.25) is 0 Å². The van der Waals surface area contributed by atoms with Gasteiger partial charge in [0.25, 0.3) is 11.5 Å². The number of aliphatic hydroxyl groups is 1. The Morgan fingerprint density at radius 2 is 1.81 bits per heavy atom. The van der Waals surface area contributed by atoms with E-state index in [2.05, 4.69) is 15.3 Å². The van der Waals surface area contributed by atoms with Gasteiger partial charge in [0.1, 0.15) is 16.9 Å². The molecule has 5 aromatic rings. The van der Waals surface area contributed by atoms with Crippen LogP contribution in [0, 0.1) is 11.6 Å². The average Bonchev–Trinajstić information content (AvgIpc) is 3.49. The van der Waals surface area contributed by atoms with Crippen LogP contribution in [0.1, 0.15) is 34.7 Å². The number of amides is 1. The smallest absolute Gasteiger partial charge is 0.267 e. The first-order chi connectivity index (χ1) is 20.9. The van der Waals surface area contributed by atoms with Crippen LogP contribution in [-0.2, 0) is 0 Å². The maximum absolute atomic E-state index is 15.3. The topological polar surface area (TPSA) is 101 Å². The number of likely N-dealkylation sites (tertiary alicyclic amines) is 1. The van der Waals surface area contributed by atoms with E-state index in [1.165, 1.54) is 59.3 Å². The molecule has 0 aliphatic carbocycles. The van der Waals surface area contributed by atoms with E-state index < -0.39 is 23.1 Å². The second-order valence-corrected chi connectivity index (χ2v) is 10.4. The molecular weight excluding hydrogens is 556 g/mol. The predicted octanol–water partition coefficient (Wildman–Crippen LogP) is 4.98. The molecule has 1 saturated heterocycles. The minimum Gasteiger partial charge on any atom is -0.452 e. The van der Waals surface area contributed by atoms with Gasteiger partial charge in [-0.1, -0.05) is 0 Å². The third-order valence-electron chi connectivity index (χ3n) is 7.67. The van der Waals surface area contributed by atoms with E-state index in [0.29, 0.717) is 23.5 Å². The number of benzene rings is 2. The quantitative estimate of drug-likeness (QED) is 0.267. The van der Waals surface area contributed by atoms with E-state index in [1.807, 2.05) is 12.3 Å². The van der Waals surface area contributed by atoms with Crippen molar-refractivity contribution in [3.63, 3.8) is 0 Å². The van der Waals surface area contributed by atoms with Crippen molar-refractivity contribution < 1.29 is 23.4 Å². The molecule has 3 aromatic heterocycles. The van der Waals surface area contributed by atoms with Gasteiger partial charge < -0.3 is 20.1 Å². The molecule has 1 aliphatic heterocycles. The van der Waals surface area contributed by atoms with Crippen molar-refractivity contribution in [3.05, 3.63) is 118 Å². The number of β-amino-alcohol motifs (C(OH)–C–C–N with tert-alkyl or cyclic N) is 1. The molecule has 1 aliphatic rings. The zero-order valence-electron chi connectivity index (χ0n) is 23.1. The summed E-state index contributed by atoms with van der Waals surface area (Å²) in [5, 5.41) is 16.2. The number of nitrogens with one attached hydrogen (secondary N) is 1. The van der Waals surface area contributed by atoms with Crippen molar-refractivity contribution in [1.29, 1.82) is 0 Å². The highest BCUT2D eigenvalue weighted by Crippen LogP contribution is 2.35. The van der Waals surface area contributed by atoms with Gasteiger partial charge in [0.15, 0.2) is 17.3 Å². The molecule has 220 valence electrons. The maximum Gasteiger partial charge on any atom is 0.267 e. The molecule has 0 radical (unpaired) electrons. The summed E-state index contributed by atoms with van der Waals surface area (Å²) in [6.45, 7) is 2.56. The molecular formula is C32H29F2N5O4. The number of pyridine rings is 2. The van der Waals surface area contributed by atoms with Crippen LogP contribution in [0.4, 0.5) is 14.5 Å². The minimum absolute atomic E-state index is 0.0330. The standard InChI is InChI=1S/C32H29F2N5O4/c33-23-3-6-25(7-4-23)38-13-1-2-26(32(38)42)31(41)36-24-5-8-29(27(34)19-24)43-30-18-22(20-39-28(30)9-12-35-39)21-10-14-37(15-11-21)16-17-40/h1-9,12-13,18-21,40H,10-11,14-17H2,(H,36,41). The van der Waals surface area contributed by atoms with Gasteiger partial charge in [0.2, 0.25) is 0 Å². The summed E-state index contributed by atoms with van der Waals surface area (Å²) in [5.41, 5.74) is 1.50. The largest absolute Gasteiger partial charge is 0.452 e. The highest BCUT2D eigenvalue weighted by molar-refractivity contribution is 6.04. The highest BCUT2D eigenvalue weighted by Gasteiger charge is 2.23. The Kier molecular flexibility index (Phi) is 7.99. The van der Waals surface area contributed by atoms with Crippen molar-refractivity contribution in [1.82, 2.24) is 19.1 Å². The summed E-state index contributed by atoms with van der Waals surface area (Å²) in [7, 11) is 0. The fourth-order valence-electron chi connectivity index (χ4n) is 5.40. The van der Waals surface area contributed by atoms with Gasteiger partial charge in [-0.2, -0.15) is 5.10 Å². The predicted molar refractivity (Wildman–Crippen MR) is 157 cm³/mol. The molecule has 4 heterocycles. The number of hydrogen-bond acceptors (Lipinski definition) is 6. The van der Waals surface area contributed by atoms with Crippen LogP contribution < -0.4 is 15.6 Å². The second kappa shape index (κ2) is 12.2. The number of anilines is 1. The number of hydrogen-bond donors (Lipinski definition) is 2. The number of aromatic nitrogens is 3. The number of ether oxygens (including phenoxy) is 1. The van der Waals surface area contributed by atoms with Gasteiger partial charge in [-0.05, 0) is 98.1 Å². The van der Waals surface area contributed by atoms with E-state index in [9.17, 15) is 19.1 Å². The zero-order valence-corrected chi connectivity index (χ0v) is 23.1. The van der Waals surface area contributed by atoms with Gasteiger partial charge >= 0.3 is 0 Å². The normalized spacial score (nSPS) is 14.2. The lowest BCUT2D eigenvalue weighted by atomic mass is 9.90. The SMILES string of the molecule is O=C(Nc1ccc(Oc2cc(C3CCN(CCO)CC3)cn3nccc23)c(F)c1)c1cccn(-c2ccc(F)cc2)c1=O. The van der Waals surface area contributed by atoms with Crippen molar-refractivity contribution >= 4 is 17.1 Å². The molecule has 0 atom stereocenters. The highest BCUT2D eigenvalue weighted by atomic mass is 19.1. The Labute approximate surface area is 245 Å². The van der Waals surface area contributed by atoms with Crippen LogP contribution in [0.25, 0.3) is 11.2 Å². The molecule has 0 saturated carbocycles. The molecule has 2 N–H and O–H groups in total. The van der Waals surface area contributed by atoms with Crippen molar-refractivity contribution in [2.75, 3.05) is 31.6 Å². The van der Waals surface area contributed by atoms with Gasteiger partial charge in [-0.15, -0.1) is 0 Å². The number of fused-ring (bicyclic) bond motifs is 1. The summed E-state index contributed by atoms with van der Waals surface area (Å²) in [5.74, 6) is -1.16. The van der Waals surface area contributed by atoms with Crippen LogP contribution >= 0.6 is 0 Å². The Balaban J connectivity index is 1.19. The number of carbonyl (C=O) groups excluding carboxylic acids is 1. The molecule has 6 rings (SSSR count). The van der Waals surface area contributed by atoms with E-state index >= 15 is 4.39 Å². The fraction of sp³-hybridized carbons (Fsp3) is 0.219. The molecule has 43 heavy (non-hydrogen) atoms. The minimum atomic E-state index is -0.715. The van der Waals surface area contributed by atoms with Gasteiger partial charge in [0.05, 0.1) is 12.8 Å². The first kappa shape index (κ1) is 28.3. The second-order valence-electron chi connectivity index (χ2n) is 10.4. The van der Waals surface area contributed by atoms with E-state index in [4.69, 9.17) is 4.74 Å². The first-order valence-corrected chi connectivity index (χ1v) is 14.0. The van der Waals surface area contributed by atoms with E-state index in [0.717, 1.165) is 37.6 Å². The Morgan fingerprint density at radius 1 is 1.02 bits per heavy atom. The van der Waals surface area contributed by atoms with E-state index in [-0.39, 0.29) is 29.5 Å². The van der Waals surface area contributed by atoms with Gasteiger partial charge in [0, 0.05) is 36.4 Å². The Bertz CT molecular complexity index is 1830. The molecule has 2 aromatic carbocycles. The summed E-state index contributed by atoms with van der Waals surface area (Å²) >= 11 is 0. The number of nitrogens with zero attached hydrogens (tertiary/aromatic N) is 4. The fourth-order valence-corrected chi connectivity index (χ4v) is 5.40. The summed E-state index contributed by atoms with van der Waals surface area (Å²) in [4.78, 5) is 28.2. The number of carbonyl (C=O) groups is 1. The van der Waals surface area contributed by atoms with Crippen LogP contribution in [0.5, 0.6) is 11.5 Å². The zero-order chi connectivity index (χ0) is 29.9. The molecule has 9 nitrogen and oxygen atoms in total. The van der Waals surface area contributed by atoms with Crippen LogP contribution in [0.3, 0.4) is 0 Å². The molecule has 0 unspecified atom stereocenters. The number of halogens is 2. The third-order valence-corrected chi connectivity index (χ3v) is 7.67. The Hall–Kier alpha value is -4.87. The molecule has 0 spiro atoms. The monoisotopic (exact) mass is 585 g/mol. The molecule has 11 heteroatoms. The van der Waals surface area contributed by atoms with Gasteiger partial charge in [-0.3, -0.25) is 14.2 Å². The molecule has 0 bridgehead atoms. The van der Waals surface area contributed by atoms with Gasteiger partial charge in [-0.25, -0.2) is 13.3 Å². The lowest BCUT2D eigenvalue weighted by molar-refractivity contribution is 0.102. The van der Waals surface area contributed by atoms with E-state index in [1.54, 1.807) is 16.8 Å². The molecule has 1 fully saturated rings.